The quantitative estimate of drug-likeness (QED) is 0.110. The van der Waals surface area contributed by atoms with E-state index in [1.807, 2.05) is 39.0 Å². The van der Waals surface area contributed by atoms with Crippen molar-refractivity contribution in [1.82, 2.24) is 14.9 Å². The molecule has 4 N–H and O–H groups in total. The number of aromatic hydroxyl groups is 1. The van der Waals surface area contributed by atoms with Crippen LogP contribution in [0.2, 0.25) is 0 Å². The van der Waals surface area contributed by atoms with Crippen LogP contribution in [0, 0.1) is 29.6 Å². The lowest BCUT2D eigenvalue weighted by molar-refractivity contribution is -0.302. The number of nitrogens with zero attached hydrogens (tertiary/aromatic N) is 2. The highest BCUT2D eigenvalue weighted by atomic mass is 16.7. The number of H-pyrrole nitrogens is 1. The molecule has 0 unspecified atom stereocenters. The molecule has 1 aliphatic carbocycles. The van der Waals surface area contributed by atoms with Gasteiger partial charge in [-0.2, -0.15) is 0 Å². The molecule has 2 saturated heterocycles. The zero-order chi connectivity index (χ0) is 50.2. The number of ketones is 2. The highest BCUT2D eigenvalue weighted by Crippen LogP contribution is 2.40. The first-order valence-corrected chi connectivity index (χ1v) is 25.0. The first-order valence-electron chi connectivity index (χ1n) is 25.0. The zero-order valence-electron chi connectivity index (χ0n) is 42.1. The van der Waals surface area contributed by atoms with E-state index in [2.05, 4.69) is 16.9 Å². The molecule has 2 aromatic rings. The summed E-state index contributed by atoms with van der Waals surface area (Å²) in [4.78, 5) is 66.3. The Balaban J connectivity index is 1.26. The predicted molar refractivity (Wildman–Crippen MR) is 256 cm³/mol. The third kappa shape index (κ3) is 13.0. The van der Waals surface area contributed by atoms with Crippen LogP contribution in [0.1, 0.15) is 118 Å². The van der Waals surface area contributed by atoms with Gasteiger partial charge in [-0.25, -0.2) is 9.78 Å². The van der Waals surface area contributed by atoms with Crippen molar-refractivity contribution in [3.8, 4) is 17.0 Å². The minimum Gasteiger partial charge on any atom is -0.508 e. The first kappa shape index (κ1) is 54.1. The number of fused-ring (bicyclic) bond motifs is 3. The van der Waals surface area contributed by atoms with Gasteiger partial charge in [0.15, 0.2) is 0 Å². The Morgan fingerprint density at radius 1 is 0.957 bits per heavy atom. The number of piperidine rings is 1. The van der Waals surface area contributed by atoms with Crippen molar-refractivity contribution in [1.29, 1.82) is 0 Å². The summed E-state index contributed by atoms with van der Waals surface area (Å²) < 4.78 is 36.8. The number of benzene rings is 1. The molecule has 4 heterocycles. The molecule has 14 atom stereocenters. The minimum absolute atomic E-state index is 0.0200. The van der Waals surface area contributed by atoms with Crippen molar-refractivity contribution in [2.75, 3.05) is 27.9 Å². The number of phenols is 1. The van der Waals surface area contributed by atoms with Crippen LogP contribution in [0.3, 0.4) is 0 Å². The molecule has 0 spiro atoms. The molecule has 2 bridgehead atoms. The van der Waals surface area contributed by atoms with Crippen LogP contribution in [0.15, 0.2) is 53.8 Å². The van der Waals surface area contributed by atoms with E-state index in [0.29, 0.717) is 56.3 Å². The Morgan fingerprint density at radius 3 is 2.38 bits per heavy atom. The van der Waals surface area contributed by atoms with Crippen molar-refractivity contribution < 1.29 is 62.9 Å². The molecule has 16 heteroatoms. The normalized spacial score (nSPS) is 35.9. The zero-order valence-corrected chi connectivity index (χ0v) is 42.1. The number of aliphatic hydroxyl groups excluding tert-OH is 1. The van der Waals surface area contributed by atoms with Crippen LogP contribution in [-0.2, 0) is 54.2 Å². The number of Topliss-reactive ketones (excluding diaryl/α,β-unsaturated/α-hetero) is 2. The first-order chi connectivity index (χ1) is 32.9. The molecular weight excluding hydrogens is 887 g/mol. The maximum absolute atomic E-state index is 14.6. The Hall–Kier alpha value is -4.29. The standard InChI is InChI=1S/C53H77N3O13/c1-10-36-21-30(2)20-31(3)22-45(65-8)49-46(66-9)24-33(5)53(63,69-49)50(60)51(61)56-19-12-11-16-40(56)52(62)68-48(34(6)41(58)27-42(36)59)32(4)23-35-17-18-43(44(25-35)64-7)67-29-47-54-28-39(55-47)37-14-13-15-38(57)26-37/h13-15,21,23,26,28,31,33-36,40-41,43-46,48-49,57-58,63H,10-12,16-20,22,24-25,27,29H2,1-9H3,(H,54,55)/b30-21+,32-23+/t31-,33+,34+,35-,36+,40-,41-,43+,44+,45-,46-,48+,49+,53+/m0/s1. The third-order valence-electron chi connectivity index (χ3n) is 15.1. The van der Waals surface area contributed by atoms with Gasteiger partial charge in [0, 0.05) is 57.6 Å². The number of aromatic nitrogens is 2. The Labute approximate surface area is 407 Å². The summed E-state index contributed by atoms with van der Waals surface area (Å²) in [5.41, 5.74) is 3.21. The number of carbonyl (C=O) groups excluding carboxylic acids is 4. The predicted octanol–water partition coefficient (Wildman–Crippen LogP) is 6.79. The van der Waals surface area contributed by atoms with Gasteiger partial charge >= 0.3 is 5.97 Å². The van der Waals surface area contributed by atoms with E-state index in [-0.39, 0.29) is 68.0 Å². The van der Waals surface area contributed by atoms with Gasteiger partial charge in [-0.05, 0) is 108 Å². The van der Waals surface area contributed by atoms with Gasteiger partial charge in [-0.3, -0.25) is 14.4 Å². The minimum atomic E-state index is -2.52. The number of carbonyl (C=O) groups is 4. The van der Waals surface area contributed by atoms with Gasteiger partial charge in [-0.1, -0.05) is 57.6 Å². The molecule has 1 aromatic carbocycles. The number of phenolic OH excluding ortho intramolecular Hbond substituents is 1. The van der Waals surface area contributed by atoms with Crippen molar-refractivity contribution >= 4 is 23.4 Å². The van der Waals surface area contributed by atoms with Crippen molar-refractivity contribution in [3.05, 3.63) is 59.6 Å². The second-order valence-corrected chi connectivity index (χ2v) is 20.2. The van der Waals surface area contributed by atoms with Gasteiger partial charge in [0.1, 0.15) is 42.2 Å². The molecule has 69 heavy (non-hydrogen) atoms. The second kappa shape index (κ2) is 24.2. The van der Waals surface area contributed by atoms with Crippen LogP contribution < -0.4 is 0 Å². The van der Waals surface area contributed by atoms with Crippen LogP contribution in [-0.4, -0.2) is 136 Å². The number of ether oxygens (including phenoxy) is 6. The molecule has 1 saturated carbocycles. The maximum Gasteiger partial charge on any atom is 0.329 e. The second-order valence-electron chi connectivity index (χ2n) is 20.2. The molecule has 1 amide bonds. The van der Waals surface area contributed by atoms with E-state index in [0.717, 1.165) is 23.3 Å². The highest BCUT2D eigenvalue weighted by Gasteiger charge is 2.56. The van der Waals surface area contributed by atoms with Crippen LogP contribution in [0.25, 0.3) is 11.3 Å². The smallest absolute Gasteiger partial charge is 0.329 e. The lowest BCUT2D eigenvalue weighted by Gasteiger charge is -2.47. The number of hydrogen-bond acceptors (Lipinski definition) is 14. The lowest BCUT2D eigenvalue weighted by atomic mass is 9.81. The fourth-order valence-electron chi connectivity index (χ4n) is 11.0. The molecule has 3 aliphatic heterocycles. The Morgan fingerprint density at radius 2 is 1.68 bits per heavy atom. The number of imidazole rings is 1. The van der Waals surface area contributed by atoms with Gasteiger partial charge < -0.3 is 53.6 Å². The number of allylic oxidation sites excluding steroid dienone is 3. The largest absolute Gasteiger partial charge is 0.508 e. The van der Waals surface area contributed by atoms with E-state index in [4.69, 9.17) is 28.4 Å². The number of rotatable bonds is 10. The summed E-state index contributed by atoms with van der Waals surface area (Å²) in [7, 11) is 4.71. The molecule has 6 rings (SSSR count). The number of methoxy groups -OCH3 is 3. The van der Waals surface area contributed by atoms with E-state index < -0.39 is 77.8 Å². The molecule has 1 aromatic heterocycles. The molecule has 4 aliphatic rings. The van der Waals surface area contributed by atoms with Crippen molar-refractivity contribution in [2.24, 2.45) is 29.6 Å². The number of nitrogens with one attached hydrogen (secondary N) is 1. The Kier molecular flexibility index (Phi) is 19.0. The summed E-state index contributed by atoms with van der Waals surface area (Å²) in [6, 6.07) is 5.76. The molecular formula is C53H77N3O13. The molecule has 3 fully saturated rings. The summed E-state index contributed by atoms with van der Waals surface area (Å²) in [6.07, 6.45) is 5.91. The summed E-state index contributed by atoms with van der Waals surface area (Å²) >= 11 is 0. The number of aliphatic hydroxyl groups is 2. The number of aromatic amines is 1. The fourth-order valence-corrected chi connectivity index (χ4v) is 11.0. The van der Waals surface area contributed by atoms with Gasteiger partial charge in [0.2, 0.25) is 5.79 Å². The maximum atomic E-state index is 14.6. The van der Waals surface area contributed by atoms with Crippen molar-refractivity contribution in [2.45, 2.75) is 173 Å². The molecule has 382 valence electrons. The van der Waals surface area contributed by atoms with Crippen LogP contribution in [0.4, 0.5) is 0 Å². The van der Waals surface area contributed by atoms with Gasteiger partial charge in [0.25, 0.3) is 11.7 Å². The number of hydrogen-bond donors (Lipinski definition) is 4. The SMILES string of the molecule is CC[C@@H]1/C=C(\C)C[C@H](C)C[C@H](OC)[C@H]2O[C@@](O)(C(=O)C(=O)N3CCCC[C@H]3C(=O)O[C@H](/C(C)=C/[C@@H]3CC[C@@H](OCc4ncc(-c5cccc(O)c5)[nH]4)[C@H](OC)C3)[C@H](C)[C@@H](O)CC1=O)[C@H](C)C[C@@H]2OC. The number of cyclic esters (lactones) is 1. The third-order valence-corrected chi connectivity index (χ3v) is 15.1. The van der Waals surface area contributed by atoms with Gasteiger partial charge in [-0.15, -0.1) is 0 Å². The Bertz CT molecular complexity index is 2140. The van der Waals surface area contributed by atoms with Crippen LogP contribution in [0.5, 0.6) is 5.75 Å². The van der Waals surface area contributed by atoms with Gasteiger partial charge in [0.05, 0.1) is 42.4 Å². The lowest BCUT2D eigenvalue weighted by Crippen LogP contribution is -2.64. The number of esters is 1. The summed E-state index contributed by atoms with van der Waals surface area (Å²) in [6.45, 7) is 11.5. The topological polar surface area (TPSA) is 216 Å². The van der Waals surface area contributed by atoms with Crippen LogP contribution >= 0.6 is 0 Å². The van der Waals surface area contributed by atoms with E-state index >= 15 is 0 Å². The fraction of sp³-hybridized carbons (Fsp3) is 0.679. The molecule has 16 nitrogen and oxygen atoms in total. The average Bonchev–Trinajstić information content (AvgIpc) is 3.82. The highest BCUT2D eigenvalue weighted by molar-refractivity contribution is 6.39. The number of amides is 1. The monoisotopic (exact) mass is 964 g/mol. The summed E-state index contributed by atoms with van der Waals surface area (Å²) in [5.74, 6) is -6.85. The molecule has 0 radical (unpaired) electrons. The van der Waals surface area contributed by atoms with E-state index in [1.165, 1.54) is 19.1 Å². The summed E-state index contributed by atoms with van der Waals surface area (Å²) in [5, 5.41) is 33.9. The van der Waals surface area contributed by atoms with Crippen molar-refractivity contribution in [3.63, 3.8) is 0 Å². The van der Waals surface area contributed by atoms with E-state index in [9.17, 15) is 34.5 Å². The average molecular weight is 964 g/mol. The van der Waals surface area contributed by atoms with E-state index in [1.54, 1.807) is 45.4 Å².